The van der Waals surface area contributed by atoms with E-state index in [1.54, 1.807) is 0 Å². The first kappa shape index (κ1) is 20.1. The lowest BCUT2D eigenvalue weighted by atomic mass is 10.2. The molecule has 0 amide bonds. The molecule has 28 heavy (non-hydrogen) atoms. The molecule has 1 heterocycles. The van der Waals surface area contributed by atoms with E-state index in [0.717, 1.165) is 35.9 Å². The van der Waals surface area contributed by atoms with Gasteiger partial charge < -0.3 is 19.5 Å². The van der Waals surface area contributed by atoms with Gasteiger partial charge in [-0.3, -0.25) is 0 Å². The van der Waals surface area contributed by atoms with Gasteiger partial charge in [-0.25, -0.2) is 0 Å². The Balaban J connectivity index is 0.00000225. The summed E-state index contributed by atoms with van der Waals surface area (Å²) in [4.78, 5) is 0. The molecule has 0 saturated carbocycles. The van der Waals surface area contributed by atoms with Gasteiger partial charge in [0.1, 0.15) is 25.6 Å². The van der Waals surface area contributed by atoms with Gasteiger partial charge in [0.25, 0.3) is 0 Å². The molecule has 0 fully saturated rings. The van der Waals surface area contributed by atoms with Crippen LogP contribution < -0.4 is 19.5 Å². The SMILES string of the molecule is Cl.c1ccc(CNCc2ccc(OCc3ccc4c(c3)OCCO4)cc2)cc1. The standard InChI is InChI=1S/C23H23NO3.ClH/c1-2-4-18(5-3-1)15-24-16-19-6-9-21(10-7-19)27-17-20-8-11-22-23(14-20)26-13-12-25-22;/h1-11,14,24H,12-13,15-17H2;1H. The Labute approximate surface area is 171 Å². The second kappa shape index (κ2) is 10.0. The van der Waals surface area contributed by atoms with E-state index in [0.29, 0.717) is 19.8 Å². The van der Waals surface area contributed by atoms with Crippen molar-refractivity contribution in [2.75, 3.05) is 13.2 Å². The average molecular weight is 398 g/mol. The highest BCUT2D eigenvalue weighted by atomic mass is 35.5. The van der Waals surface area contributed by atoms with Crippen molar-refractivity contribution in [3.8, 4) is 17.2 Å². The van der Waals surface area contributed by atoms with E-state index >= 15 is 0 Å². The third kappa shape index (κ3) is 5.41. The molecule has 0 radical (unpaired) electrons. The van der Waals surface area contributed by atoms with Crippen LogP contribution >= 0.6 is 12.4 Å². The van der Waals surface area contributed by atoms with E-state index in [4.69, 9.17) is 14.2 Å². The van der Waals surface area contributed by atoms with E-state index in [9.17, 15) is 0 Å². The van der Waals surface area contributed by atoms with Gasteiger partial charge in [-0.15, -0.1) is 12.4 Å². The average Bonchev–Trinajstić information content (AvgIpc) is 2.74. The van der Waals surface area contributed by atoms with Crippen LogP contribution in [0, 0.1) is 0 Å². The first-order valence-electron chi connectivity index (χ1n) is 9.22. The van der Waals surface area contributed by atoms with Crippen molar-refractivity contribution < 1.29 is 14.2 Å². The molecule has 1 N–H and O–H groups in total. The highest BCUT2D eigenvalue weighted by Gasteiger charge is 2.11. The van der Waals surface area contributed by atoms with Crippen molar-refractivity contribution in [1.29, 1.82) is 0 Å². The predicted octanol–water partition coefficient (Wildman–Crippen LogP) is 4.75. The summed E-state index contributed by atoms with van der Waals surface area (Å²) in [6.07, 6.45) is 0. The Morgan fingerprint density at radius 2 is 1.36 bits per heavy atom. The fourth-order valence-corrected chi connectivity index (χ4v) is 2.99. The van der Waals surface area contributed by atoms with Crippen LogP contribution in [0.4, 0.5) is 0 Å². The molecule has 0 unspecified atom stereocenters. The normalized spacial score (nSPS) is 12.1. The van der Waals surface area contributed by atoms with Crippen molar-refractivity contribution >= 4 is 12.4 Å². The number of nitrogens with one attached hydrogen (secondary N) is 1. The molecule has 0 spiro atoms. The van der Waals surface area contributed by atoms with Gasteiger partial charge in [-0.2, -0.15) is 0 Å². The molecule has 3 aromatic carbocycles. The zero-order valence-corrected chi connectivity index (χ0v) is 16.4. The molecule has 1 aliphatic heterocycles. The zero-order valence-electron chi connectivity index (χ0n) is 15.6. The monoisotopic (exact) mass is 397 g/mol. The summed E-state index contributed by atoms with van der Waals surface area (Å²) >= 11 is 0. The molecule has 0 bridgehead atoms. The van der Waals surface area contributed by atoms with Crippen LogP contribution in [0.3, 0.4) is 0 Å². The van der Waals surface area contributed by atoms with Crippen LogP contribution in [0.25, 0.3) is 0 Å². The summed E-state index contributed by atoms with van der Waals surface area (Å²) in [7, 11) is 0. The lowest BCUT2D eigenvalue weighted by Gasteiger charge is -2.19. The molecule has 0 aliphatic carbocycles. The Morgan fingerprint density at radius 1 is 0.714 bits per heavy atom. The Bertz CT molecular complexity index is 869. The Kier molecular flexibility index (Phi) is 7.18. The minimum Gasteiger partial charge on any atom is -0.489 e. The molecule has 0 saturated heterocycles. The van der Waals surface area contributed by atoms with Crippen molar-refractivity contribution in [3.05, 3.63) is 89.5 Å². The predicted molar refractivity (Wildman–Crippen MR) is 112 cm³/mol. The van der Waals surface area contributed by atoms with Gasteiger partial charge in [0.15, 0.2) is 11.5 Å². The maximum Gasteiger partial charge on any atom is 0.161 e. The number of rotatable bonds is 7. The second-order valence-electron chi connectivity index (χ2n) is 6.50. The molecule has 0 aromatic heterocycles. The number of halogens is 1. The van der Waals surface area contributed by atoms with E-state index < -0.39 is 0 Å². The highest BCUT2D eigenvalue weighted by Crippen LogP contribution is 2.31. The number of fused-ring (bicyclic) bond motifs is 1. The number of ether oxygens (including phenoxy) is 3. The topological polar surface area (TPSA) is 39.7 Å². The lowest BCUT2D eigenvalue weighted by Crippen LogP contribution is -2.15. The summed E-state index contributed by atoms with van der Waals surface area (Å²) < 4.78 is 17.1. The van der Waals surface area contributed by atoms with Gasteiger partial charge in [0.05, 0.1) is 0 Å². The number of hydrogen-bond acceptors (Lipinski definition) is 4. The van der Waals surface area contributed by atoms with Gasteiger partial charge in [0.2, 0.25) is 0 Å². The minimum atomic E-state index is 0. The summed E-state index contributed by atoms with van der Waals surface area (Å²) in [5.41, 5.74) is 3.59. The summed E-state index contributed by atoms with van der Waals surface area (Å²) in [5.74, 6) is 2.45. The van der Waals surface area contributed by atoms with Crippen LogP contribution in [0.2, 0.25) is 0 Å². The minimum absolute atomic E-state index is 0. The van der Waals surface area contributed by atoms with Gasteiger partial charge >= 0.3 is 0 Å². The third-order valence-corrected chi connectivity index (χ3v) is 4.44. The molecular weight excluding hydrogens is 374 g/mol. The Hall–Kier alpha value is -2.69. The van der Waals surface area contributed by atoms with Crippen molar-refractivity contribution in [2.45, 2.75) is 19.7 Å². The summed E-state index contributed by atoms with van der Waals surface area (Å²) in [6, 6.07) is 24.6. The summed E-state index contributed by atoms with van der Waals surface area (Å²) in [5, 5.41) is 3.46. The van der Waals surface area contributed by atoms with Gasteiger partial charge in [0, 0.05) is 13.1 Å². The quantitative estimate of drug-likeness (QED) is 0.624. The molecule has 4 rings (SSSR count). The largest absolute Gasteiger partial charge is 0.489 e. The van der Waals surface area contributed by atoms with Crippen molar-refractivity contribution in [1.82, 2.24) is 5.32 Å². The molecular formula is C23H24ClNO3. The smallest absolute Gasteiger partial charge is 0.161 e. The van der Waals surface area contributed by atoms with Gasteiger partial charge in [-0.05, 0) is 41.0 Å². The van der Waals surface area contributed by atoms with Crippen LogP contribution in [-0.4, -0.2) is 13.2 Å². The fraction of sp³-hybridized carbons (Fsp3) is 0.217. The highest BCUT2D eigenvalue weighted by molar-refractivity contribution is 5.85. The van der Waals surface area contributed by atoms with Crippen LogP contribution in [0.1, 0.15) is 16.7 Å². The van der Waals surface area contributed by atoms with Crippen LogP contribution in [0.15, 0.2) is 72.8 Å². The van der Waals surface area contributed by atoms with Crippen molar-refractivity contribution in [2.24, 2.45) is 0 Å². The third-order valence-electron chi connectivity index (χ3n) is 4.44. The second-order valence-corrected chi connectivity index (χ2v) is 6.50. The molecule has 0 atom stereocenters. The fourth-order valence-electron chi connectivity index (χ4n) is 2.99. The molecule has 4 nitrogen and oxygen atoms in total. The van der Waals surface area contributed by atoms with Gasteiger partial charge in [-0.1, -0.05) is 48.5 Å². The first-order chi connectivity index (χ1) is 13.4. The molecule has 1 aliphatic rings. The summed E-state index contributed by atoms with van der Waals surface area (Å²) in [6.45, 7) is 3.40. The van der Waals surface area contributed by atoms with E-state index in [1.807, 2.05) is 36.4 Å². The van der Waals surface area contributed by atoms with E-state index in [-0.39, 0.29) is 12.4 Å². The number of hydrogen-bond donors (Lipinski definition) is 1. The van der Waals surface area contributed by atoms with Crippen LogP contribution in [-0.2, 0) is 19.7 Å². The molecule has 146 valence electrons. The van der Waals surface area contributed by atoms with E-state index in [2.05, 4.69) is 41.7 Å². The molecule has 5 heteroatoms. The maximum absolute atomic E-state index is 5.90. The van der Waals surface area contributed by atoms with E-state index in [1.165, 1.54) is 11.1 Å². The lowest BCUT2D eigenvalue weighted by molar-refractivity contribution is 0.171. The van der Waals surface area contributed by atoms with Crippen molar-refractivity contribution in [3.63, 3.8) is 0 Å². The number of benzene rings is 3. The van der Waals surface area contributed by atoms with Crippen LogP contribution in [0.5, 0.6) is 17.2 Å². The zero-order chi connectivity index (χ0) is 18.3. The first-order valence-corrected chi connectivity index (χ1v) is 9.22. The Morgan fingerprint density at radius 3 is 2.11 bits per heavy atom. The maximum atomic E-state index is 5.90. The molecule has 3 aromatic rings.